The Kier molecular flexibility index (Phi) is 8.37. The number of nitrogen functional groups attached to an aromatic ring is 1. The first kappa shape index (κ1) is 27.2. The monoisotopic (exact) mass is 515 g/mol. The van der Waals surface area contributed by atoms with Crippen molar-refractivity contribution < 1.29 is 19.4 Å². The number of para-hydroxylation sites is 1. The molecule has 0 aliphatic carbocycles. The minimum Gasteiger partial charge on any atom is -0.488 e. The molecular formula is C31H37N3O4. The van der Waals surface area contributed by atoms with E-state index in [0.717, 1.165) is 28.7 Å². The molecule has 2 aromatic carbocycles. The average Bonchev–Trinajstić information content (AvgIpc) is 2.91. The van der Waals surface area contributed by atoms with Crippen LogP contribution in [0, 0.1) is 0 Å². The lowest BCUT2D eigenvalue weighted by Gasteiger charge is -2.31. The maximum atomic E-state index is 12.7. The van der Waals surface area contributed by atoms with Gasteiger partial charge in [0.25, 0.3) is 0 Å². The Bertz CT molecular complexity index is 1310. The summed E-state index contributed by atoms with van der Waals surface area (Å²) in [6, 6.07) is 18.0. The van der Waals surface area contributed by atoms with Gasteiger partial charge in [-0.2, -0.15) is 0 Å². The van der Waals surface area contributed by atoms with Gasteiger partial charge in [-0.3, -0.25) is 0 Å². The Hall–Kier alpha value is -3.84. The minimum absolute atomic E-state index is 0.250. The summed E-state index contributed by atoms with van der Waals surface area (Å²) in [6.07, 6.45) is 3.39. The van der Waals surface area contributed by atoms with Crippen molar-refractivity contribution in [2.45, 2.75) is 59.4 Å². The van der Waals surface area contributed by atoms with E-state index in [1.54, 1.807) is 4.90 Å². The molecule has 2 heterocycles. The highest BCUT2D eigenvalue weighted by atomic mass is 16.6. The molecule has 200 valence electrons. The fourth-order valence-electron chi connectivity index (χ4n) is 4.44. The van der Waals surface area contributed by atoms with E-state index in [1.807, 2.05) is 51.1 Å². The fourth-order valence-corrected chi connectivity index (χ4v) is 4.44. The third kappa shape index (κ3) is 6.53. The molecule has 1 aliphatic heterocycles. The predicted octanol–water partition coefficient (Wildman–Crippen LogP) is 5.99. The number of anilines is 1. The Balaban J connectivity index is 1.63. The highest BCUT2D eigenvalue weighted by Gasteiger charge is 2.26. The van der Waals surface area contributed by atoms with Crippen LogP contribution in [0.2, 0.25) is 0 Å². The van der Waals surface area contributed by atoms with Crippen molar-refractivity contribution in [2.75, 3.05) is 18.8 Å². The van der Waals surface area contributed by atoms with Gasteiger partial charge in [0.1, 0.15) is 23.8 Å². The highest BCUT2D eigenvalue weighted by Crippen LogP contribution is 2.35. The van der Waals surface area contributed by atoms with Crippen molar-refractivity contribution in [3.63, 3.8) is 0 Å². The number of ether oxygens (including phenoxy) is 2. The van der Waals surface area contributed by atoms with Crippen molar-refractivity contribution in [2.24, 2.45) is 0 Å². The Morgan fingerprint density at radius 3 is 2.47 bits per heavy atom. The van der Waals surface area contributed by atoms with Crippen molar-refractivity contribution in [3.05, 3.63) is 82.9 Å². The average molecular weight is 516 g/mol. The first-order valence-electron chi connectivity index (χ1n) is 13.1. The number of carbonyl (C=O) groups excluding carboxylic acids is 1. The summed E-state index contributed by atoms with van der Waals surface area (Å²) in [7, 11) is 0. The summed E-state index contributed by atoms with van der Waals surface area (Å²) < 4.78 is 11.8. The van der Waals surface area contributed by atoms with Gasteiger partial charge in [0.05, 0.1) is 12.3 Å². The van der Waals surface area contributed by atoms with Crippen molar-refractivity contribution in [1.29, 1.82) is 0 Å². The second-order valence-corrected chi connectivity index (χ2v) is 10.5. The number of benzene rings is 2. The zero-order valence-corrected chi connectivity index (χ0v) is 22.7. The highest BCUT2D eigenvalue weighted by molar-refractivity contribution is 5.81. The van der Waals surface area contributed by atoms with Crippen LogP contribution in [0.25, 0.3) is 16.8 Å². The number of aromatic nitrogens is 1. The van der Waals surface area contributed by atoms with E-state index in [1.165, 1.54) is 5.56 Å². The molecule has 3 N–H and O–H groups in total. The number of pyridine rings is 1. The van der Waals surface area contributed by atoms with Gasteiger partial charge >= 0.3 is 6.09 Å². The van der Waals surface area contributed by atoms with Gasteiger partial charge in [-0.05, 0) is 74.1 Å². The van der Waals surface area contributed by atoms with E-state index in [2.05, 4.69) is 42.2 Å². The first-order chi connectivity index (χ1) is 18.2. The van der Waals surface area contributed by atoms with Crippen LogP contribution in [0.3, 0.4) is 0 Å². The number of nitrogens with two attached hydrogens (primary N) is 1. The maximum Gasteiger partial charge on any atom is 0.410 e. The Labute approximate surface area is 224 Å². The fraction of sp³-hybridized carbons (Fsp3) is 0.355. The summed E-state index contributed by atoms with van der Waals surface area (Å²) in [5.41, 5.74) is 11.8. The molecule has 38 heavy (non-hydrogen) atoms. The van der Waals surface area contributed by atoms with E-state index in [-0.39, 0.29) is 18.5 Å². The summed E-state index contributed by atoms with van der Waals surface area (Å²) in [6.45, 7) is 8.78. The molecule has 0 unspecified atom stereocenters. The van der Waals surface area contributed by atoms with Crippen LogP contribution < -0.4 is 10.5 Å². The second kappa shape index (κ2) is 11.7. The van der Waals surface area contributed by atoms with E-state index in [9.17, 15) is 9.90 Å². The lowest BCUT2D eigenvalue weighted by molar-refractivity contribution is 0.0273. The number of nitrogens with zero attached hydrogens (tertiary/aromatic N) is 2. The third-order valence-corrected chi connectivity index (χ3v) is 6.45. The molecule has 0 fully saturated rings. The van der Waals surface area contributed by atoms with Gasteiger partial charge in [0.2, 0.25) is 0 Å². The molecular weight excluding hydrogens is 478 g/mol. The number of amides is 1. The number of hydrogen-bond acceptors (Lipinski definition) is 6. The maximum absolute atomic E-state index is 12.7. The van der Waals surface area contributed by atoms with Gasteiger partial charge in [-0.15, -0.1) is 0 Å². The van der Waals surface area contributed by atoms with E-state index in [4.69, 9.17) is 15.2 Å². The SMILES string of the molecule is CCc1ccc(COc2ccccc2-c2cc(C3=CCCN(C(=O)OC(C)(C)C)C3)c(CO)c(N)n2)cc1. The number of aliphatic hydroxyl groups is 1. The Morgan fingerprint density at radius 2 is 1.79 bits per heavy atom. The summed E-state index contributed by atoms with van der Waals surface area (Å²) >= 11 is 0. The molecule has 7 nitrogen and oxygen atoms in total. The summed E-state index contributed by atoms with van der Waals surface area (Å²) in [5, 5.41) is 10.1. The zero-order valence-electron chi connectivity index (χ0n) is 22.7. The molecule has 1 aliphatic rings. The van der Waals surface area contributed by atoms with Crippen molar-refractivity contribution in [1.82, 2.24) is 9.88 Å². The van der Waals surface area contributed by atoms with Crippen molar-refractivity contribution in [3.8, 4) is 17.0 Å². The number of hydrogen-bond donors (Lipinski definition) is 2. The lowest BCUT2D eigenvalue weighted by atomic mass is 9.95. The van der Waals surface area contributed by atoms with E-state index < -0.39 is 5.60 Å². The van der Waals surface area contributed by atoms with Crippen LogP contribution in [0.1, 0.15) is 56.4 Å². The molecule has 7 heteroatoms. The van der Waals surface area contributed by atoms with Gasteiger partial charge in [0.15, 0.2) is 0 Å². The van der Waals surface area contributed by atoms with Gasteiger partial charge in [-0.25, -0.2) is 9.78 Å². The van der Waals surface area contributed by atoms with Crippen LogP contribution >= 0.6 is 0 Å². The molecule has 1 amide bonds. The molecule has 0 saturated heterocycles. The molecule has 0 bridgehead atoms. The van der Waals surface area contributed by atoms with Crippen molar-refractivity contribution >= 4 is 17.5 Å². The Morgan fingerprint density at radius 1 is 1.08 bits per heavy atom. The second-order valence-electron chi connectivity index (χ2n) is 10.5. The zero-order chi connectivity index (χ0) is 27.3. The molecule has 0 atom stereocenters. The summed E-state index contributed by atoms with van der Waals surface area (Å²) in [5.74, 6) is 0.940. The van der Waals surface area contributed by atoms with Crippen LogP contribution in [-0.4, -0.2) is 39.8 Å². The van der Waals surface area contributed by atoms with E-state index >= 15 is 0 Å². The molecule has 3 aromatic rings. The number of rotatable bonds is 7. The van der Waals surface area contributed by atoms with Crippen LogP contribution in [-0.2, 0) is 24.4 Å². The van der Waals surface area contributed by atoms with E-state index in [0.29, 0.717) is 43.1 Å². The minimum atomic E-state index is -0.579. The van der Waals surface area contributed by atoms with Crippen LogP contribution in [0.5, 0.6) is 5.75 Å². The van der Waals surface area contributed by atoms with Gasteiger partial charge < -0.3 is 25.2 Å². The topological polar surface area (TPSA) is 97.9 Å². The first-order valence-corrected chi connectivity index (χ1v) is 13.1. The normalized spacial score (nSPS) is 13.7. The van der Waals surface area contributed by atoms with Gasteiger partial charge in [-0.1, -0.05) is 49.4 Å². The standard InChI is InChI=1S/C31H37N3O4/c1-5-21-12-14-22(15-13-21)20-37-28-11-7-6-10-24(28)27-17-25(26(19-35)29(32)33-27)23-9-8-16-34(18-23)30(36)38-31(2,3)4/h6-7,9-15,17,35H,5,8,16,18-20H2,1-4H3,(H2,32,33). The molecule has 1 aromatic heterocycles. The van der Waals surface area contributed by atoms with Crippen LogP contribution in [0.4, 0.5) is 10.6 Å². The molecule has 0 spiro atoms. The summed E-state index contributed by atoms with van der Waals surface area (Å²) in [4.78, 5) is 19.0. The van der Waals surface area contributed by atoms with Crippen LogP contribution in [0.15, 0.2) is 60.7 Å². The number of aryl methyl sites for hydroxylation is 1. The molecule has 0 saturated carbocycles. The molecule has 0 radical (unpaired) electrons. The van der Waals surface area contributed by atoms with Gasteiger partial charge in [0, 0.05) is 24.2 Å². The smallest absolute Gasteiger partial charge is 0.410 e. The quantitative estimate of drug-likeness (QED) is 0.401. The third-order valence-electron chi connectivity index (χ3n) is 6.45. The predicted molar refractivity (Wildman–Crippen MR) is 151 cm³/mol. The molecule has 4 rings (SSSR count). The lowest BCUT2D eigenvalue weighted by Crippen LogP contribution is -2.39. The largest absolute Gasteiger partial charge is 0.488 e. The number of aliphatic hydroxyl groups excluding tert-OH is 1. The number of carbonyl (C=O) groups is 1.